The van der Waals surface area contributed by atoms with Crippen molar-refractivity contribution in [1.29, 1.82) is 0 Å². The topological polar surface area (TPSA) is 49.8 Å². The van der Waals surface area contributed by atoms with Gasteiger partial charge in [-0.25, -0.2) is 8.78 Å². The average molecular weight is 347 g/mol. The van der Waals surface area contributed by atoms with Gasteiger partial charge in [-0.05, 0) is 42.3 Å². The molecule has 0 bridgehead atoms. The number of carbonyl (C=O) groups is 1. The maximum Gasteiger partial charge on any atom is 0.227 e. The van der Waals surface area contributed by atoms with E-state index in [2.05, 4.69) is 0 Å². The molecule has 1 heterocycles. The molecule has 1 saturated heterocycles. The molecule has 2 aromatic carbocycles. The third-order valence-corrected chi connectivity index (χ3v) is 4.42. The summed E-state index contributed by atoms with van der Waals surface area (Å²) in [6.45, 7) is 0.164. The number of likely N-dealkylation sites (tertiary alicyclic amines) is 1. The summed E-state index contributed by atoms with van der Waals surface area (Å²) in [5, 5.41) is 9.99. The highest BCUT2D eigenvalue weighted by molar-refractivity contribution is 5.80. The van der Waals surface area contributed by atoms with Crippen LogP contribution in [0.15, 0.2) is 42.5 Å². The lowest BCUT2D eigenvalue weighted by atomic mass is 10.0. The highest BCUT2D eigenvalue weighted by atomic mass is 19.1. The monoisotopic (exact) mass is 347 g/mol. The maximum atomic E-state index is 13.5. The lowest BCUT2D eigenvalue weighted by molar-refractivity contribution is -0.131. The summed E-state index contributed by atoms with van der Waals surface area (Å²) in [7, 11) is 1.45. The lowest BCUT2D eigenvalue weighted by Gasteiger charge is -2.25. The fraction of sp³-hybridized carbons (Fsp3) is 0.316. The molecular formula is C19H19F2NO3. The largest absolute Gasteiger partial charge is 0.496 e. The van der Waals surface area contributed by atoms with Gasteiger partial charge >= 0.3 is 0 Å². The first kappa shape index (κ1) is 17.4. The van der Waals surface area contributed by atoms with Crippen molar-refractivity contribution in [2.75, 3.05) is 13.7 Å². The predicted molar refractivity (Wildman–Crippen MR) is 88.1 cm³/mol. The van der Waals surface area contributed by atoms with E-state index in [1.807, 2.05) is 0 Å². The number of rotatable bonds is 4. The number of hydrogen-bond acceptors (Lipinski definition) is 3. The Bertz CT molecular complexity index is 781. The van der Waals surface area contributed by atoms with Gasteiger partial charge in [0.05, 0.1) is 25.7 Å². The molecule has 1 amide bonds. The molecule has 2 atom stereocenters. The number of methoxy groups -OCH3 is 1. The summed E-state index contributed by atoms with van der Waals surface area (Å²) < 4.78 is 32.2. The minimum Gasteiger partial charge on any atom is -0.496 e. The molecule has 132 valence electrons. The Hall–Kier alpha value is -2.47. The zero-order valence-corrected chi connectivity index (χ0v) is 13.8. The van der Waals surface area contributed by atoms with Gasteiger partial charge in [0, 0.05) is 12.1 Å². The molecule has 25 heavy (non-hydrogen) atoms. The summed E-state index contributed by atoms with van der Waals surface area (Å²) in [5.41, 5.74) is 1.07. The van der Waals surface area contributed by atoms with Crippen LogP contribution in [-0.2, 0) is 11.2 Å². The molecule has 1 aliphatic rings. The van der Waals surface area contributed by atoms with Gasteiger partial charge in [-0.15, -0.1) is 0 Å². The van der Waals surface area contributed by atoms with Gasteiger partial charge in [0.15, 0.2) is 0 Å². The van der Waals surface area contributed by atoms with E-state index in [0.717, 1.165) is 0 Å². The number of nitrogens with zero attached hydrogens (tertiary/aromatic N) is 1. The van der Waals surface area contributed by atoms with Gasteiger partial charge in [0.2, 0.25) is 5.91 Å². The van der Waals surface area contributed by atoms with Crippen LogP contribution in [-0.4, -0.2) is 35.7 Å². The molecule has 0 aromatic heterocycles. The van der Waals surface area contributed by atoms with E-state index < -0.39 is 23.8 Å². The van der Waals surface area contributed by atoms with Crippen LogP contribution < -0.4 is 4.74 Å². The molecule has 1 N–H and O–H groups in total. The molecule has 0 radical (unpaired) electrons. The molecule has 0 spiro atoms. The second kappa shape index (κ2) is 7.19. The molecule has 4 nitrogen and oxygen atoms in total. The number of aliphatic hydroxyl groups excluding tert-OH is 1. The van der Waals surface area contributed by atoms with Crippen molar-refractivity contribution < 1.29 is 23.4 Å². The first-order chi connectivity index (χ1) is 12.0. The third-order valence-electron chi connectivity index (χ3n) is 4.42. The first-order valence-corrected chi connectivity index (χ1v) is 8.03. The zero-order valence-electron chi connectivity index (χ0n) is 13.8. The van der Waals surface area contributed by atoms with E-state index in [1.165, 1.54) is 42.3 Å². The van der Waals surface area contributed by atoms with Crippen LogP contribution >= 0.6 is 0 Å². The summed E-state index contributed by atoms with van der Waals surface area (Å²) in [6, 6.07) is 9.61. The van der Waals surface area contributed by atoms with Crippen LogP contribution in [0.4, 0.5) is 8.78 Å². The van der Waals surface area contributed by atoms with E-state index in [9.17, 15) is 18.7 Å². The Morgan fingerprint density at radius 2 is 2.00 bits per heavy atom. The smallest absolute Gasteiger partial charge is 0.227 e. The lowest BCUT2D eigenvalue weighted by Crippen LogP contribution is -2.33. The van der Waals surface area contributed by atoms with Gasteiger partial charge in [-0.1, -0.05) is 12.1 Å². The number of aliphatic hydroxyl groups is 1. The van der Waals surface area contributed by atoms with Crippen molar-refractivity contribution in [3.05, 3.63) is 65.2 Å². The SMILES string of the molecule is COc1ccc(F)cc1CC(=O)N1CC(O)CC1c1cccc(F)c1. The Balaban J connectivity index is 1.84. The maximum absolute atomic E-state index is 13.5. The van der Waals surface area contributed by atoms with Crippen molar-refractivity contribution in [2.45, 2.75) is 25.0 Å². The molecular weight excluding hydrogens is 328 g/mol. The Morgan fingerprint density at radius 1 is 1.24 bits per heavy atom. The molecule has 0 saturated carbocycles. The van der Waals surface area contributed by atoms with Gasteiger partial charge in [0.1, 0.15) is 17.4 Å². The highest BCUT2D eigenvalue weighted by Crippen LogP contribution is 2.33. The summed E-state index contributed by atoms with van der Waals surface area (Å²) >= 11 is 0. The van der Waals surface area contributed by atoms with Gasteiger partial charge in [0.25, 0.3) is 0 Å². The van der Waals surface area contributed by atoms with Crippen molar-refractivity contribution in [3.63, 3.8) is 0 Å². The number of hydrogen-bond donors (Lipinski definition) is 1. The van der Waals surface area contributed by atoms with Crippen molar-refractivity contribution >= 4 is 5.91 Å². The van der Waals surface area contributed by atoms with E-state index in [0.29, 0.717) is 23.3 Å². The van der Waals surface area contributed by atoms with Crippen LogP contribution in [0.1, 0.15) is 23.6 Å². The average Bonchev–Trinajstić information content (AvgIpc) is 2.97. The Labute approximate surface area is 144 Å². The van der Waals surface area contributed by atoms with Crippen molar-refractivity contribution in [1.82, 2.24) is 4.90 Å². The Kier molecular flexibility index (Phi) is 4.99. The van der Waals surface area contributed by atoms with E-state index in [1.54, 1.807) is 12.1 Å². The minimum atomic E-state index is -0.674. The molecule has 3 rings (SSSR count). The van der Waals surface area contributed by atoms with Gasteiger partial charge in [-0.3, -0.25) is 4.79 Å². The molecule has 6 heteroatoms. The van der Waals surface area contributed by atoms with Crippen LogP contribution in [0.25, 0.3) is 0 Å². The molecule has 0 aliphatic carbocycles. The highest BCUT2D eigenvalue weighted by Gasteiger charge is 2.35. The van der Waals surface area contributed by atoms with Crippen LogP contribution in [0.2, 0.25) is 0 Å². The van der Waals surface area contributed by atoms with Crippen molar-refractivity contribution in [3.8, 4) is 5.75 Å². The van der Waals surface area contributed by atoms with E-state index in [-0.39, 0.29) is 18.9 Å². The molecule has 2 unspecified atom stereocenters. The van der Waals surface area contributed by atoms with Crippen LogP contribution in [0.5, 0.6) is 5.75 Å². The summed E-state index contributed by atoms with van der Waals surface area (Å²) in [6.07, 6.45) is -0.388. The Morgan fingerprint density at radius 3 is 2.72 bits per heavy atom. The number of amides is 1. The van der Waals surface area contributed by atoms with E-state index >= 15 is 0 Å². The second-order valence-corrected chi connectivity index (χ2v) is 6.14. The predicted octanol–water partition coefficient (Wildman–Crippen LogP) is 2.85. The molecule has 1 aliphatic heterocycles. The zero-order chi connectivity index (χ0) is 18.0. The number of carbonyl (C=O) groups excluding carboxylic acids is 1. The number of benzene rings is 2. The fourth-order valence-corrected chi connectivity index (χ4v) is 3.27. The molecule has 1 fully saturated rings. The number of ether oxygens (including phenoxy) is 1. The van der Waals surface area contributed by atoms with Crippen LogP contribution in [0.3, 0.4) is 0 Å². The quantitative estimate of drug-likeness (QED) is 0.925. The normalized spacial score (nSPS) is 19.9. The second-order valence-electron chi connectivity index (χ2n) is 6.14. The number of halogens is 2. The molecule has 2 aromatic rings. The van der Waals surface area contributed by atoms with Gasteiger partial charge in [-0.2, -0.15) is 0 Å². The van der Waals surface area contributed by atoms with Gasteiger partial charge < -0.3 is 14.7 Å². The van der Waals surface area contributed by atoms with E-state index in [4.69, 9.17) is 4.74 Å². The minimum absolute atomic E-state index is 0.0561. The first-order valence-electron chi connectivity index (χ1n) is 8.03. The fourth-order valence-electron chi connectivity index (χ4n) is 3.27. The number of β-amino-alcohol motifs (C(OH)–C–C–N with tert-alkyl or cyclic N) is 1. The van der Waals surface area contributed by atoms with Crippen LogP contribution in [0, 0.1) is 11.6 Å². The van der Waals surface area contributed by atoms with Crippen molar-refractivity contribution in [2.24, 2.45) is 0 Å². The summed E-state index contributed by atoms with van der Waals surface area (Å²) in [5.74, 6) is -0.684. The summed E-state index contributed by atoms with van der Waals surface area (Å²) in [4.78, 5) is 14.3. The third kappa shape index (κ3) is 3.79. The standard InChI is InChI=1S/C19H19F2NO3/c1-25-18-6-5-15(21)8-13(18)9-19(24)22-11-16(23)10-17(22)12-3-2-4-14(20)7-12/h2-8,16-17,23H,9-11H2,1H3.